The smallest absolute Gasteiger partial charge is 0.309 e. The number of rotatable bonds is 2. The van der Waals surface area contributed by atoms with E-state index in [1.54, 1.807) is 5.92 Å². The van der Waals surface area contributed by atoms with Gasteiger partial charge in [0, 0.05) is 6.20 Å². The van der Waals surface area contributed by atoms with Crippen LogP contribution in [0.4, 0.5) is 11.4 Å². The fourth-order valence-electron chi connectivity index (χ4n) is 0.861. The third-order valence-electron chi connectivity index (χ3n) is 1.44. The molecule has 7 heteroatoms. The molecule has 0 aliphatic rings. The molecule has 0 saturated carbocycles. The molecule has 1 rings (SSSR count). The number of pyridine rings is 1. The van der Waals surface area contributed by atoms with E-state index in [0.717, 1.165) is 0 Å². The maximum atomic E-state index is 10.8. The van der Waals surface area contributed by atoms with Crippen molar-refractivity contribution >= 4 is 28.9 Å². The molecule has 0 unspecified atom stereocenters. The monoisotopic (exact) mass is 225 g/mol. The molecule has 0 bridgehead atoms. The summed E-state index contributed by atoms with van der Waals surface area (Å²) in [6.07, 6.45) is 6.03. The van der Waals surface area contributed by atoms with E-state index in [2.05, 4.69) is 10.3 Å². The predicted octanol–water partition coefficient (Wildman–Crippen LogP) is 1.21. The zero-order valence-corrected chi connectivity index (χ0v) is 7.99. The van der Waals surface area contributed by atoms with Crippen LogP contribution in [-0.4, -0.2) is 15.8 Å². The number of hydrogen-bond donors (Lipinski definition) is 1. The average molecular weight is 226 g/mol. The SMILES string of the molecule is C#CC(=O)Nc1ccnc(Cl)c1[N+](=O)[O-]. The van der Waals surface area contributed by atoms with E-state index in [1.165, 1.54) is 12.3 Å². The van der Waals surface area contributed by atoms with Crippen molar-refractivity contribution in [2.45, 2.75) is 0 Å². The molecular formula is C8H4ClN3O3. The number of anilines is 1. The first-order valence-electron chi connectivity index (χ1n) is 3.62. The zero-order valence-electron chi connectivity index (χ0n) is 7.23. The number of nitro groups is 1. The molecule has 0 aromatic carbocycles. The minimum atomic E-state index is -0.791. The summed E-state index contributed by atoms with van der Waals surface area (Å²) in [5.41, 5.74) is -0.564. The summed E-state index contributed by atoms with van der Waals surface area (Å²) >= 11 is 5.50. The Morgan fingerprint density at radius 1 is 1.73 bits per heavy atom. The van der Waals surface area contributed by atoms with Crippen molar-refractivity contribution in [2.75, 3.05) is 5.32 Å². The molecule has 0 fully saturated rings. The van der Waals surface area contributed by atoms with Gasteiger partial charge >= 0.3 is 5.69 Å². The molecule has 1 amide bonds. The van der Waals surface area contributed by atoms with E-state index in [4.69, 9.17) is 18.0 Å². The molecule has 1 N–H and O–H groups in total. The Kier molecular flexibility index (Phi) is 3.21. The van der Waals surface area contributed by atoms with Crippen LogP contribution in [0.3, 0.4) is 0 Å². The van der Waals surface area contributed by atoms with Crippen LogP contribution in [0.25, 0.3) is 0 Å². The van der Waals surface area contributed by atoms with Gasteiger partial charge in [-0.2, -0.15) is 0 Å². The Labute approximate surface area is 89.4 Å². The summed E-state index contributed by atoms with van der Waals surface area (Å²) in [5.74, 6) is 0.972. The number of carbonyl (C=O) groups excluding carboxylic acids is 1. The number of carbonyl (C=O) groups is 1. The van der Waals surface area contributed by atoms with Crippen LogP contribution in [0.2, 0.25) is 5.15 Å². The lowest BCUT2D eigenvalue weighted by molar-refractivity contribution is -0.384. The zero-order chi connectivity index (χ0) is 11.4. The minimum absolute atomic E-state index is 0.0806. The Balaban J connectivity index is 3.19. The highest BCUT2D eigenvalue weighted by atomic mass is 35.5. The lowest BCUT2D eigenvalue weighted by atomic mass is 10.3. The highest BCUT2D eigenvalue weighted by Crippen LogP contribution is 2.29. The molecule has 1 aromatic heterocycles. The first kappa shape index (κ1) is 10.9. The van der Waals surface area contributed by atoms with Crippen molar-refractivity contribution < 1.29 is 9.72 Å². The van der Waals surface area contributed by atoms with E-state index in [0.29, 0.717) is 0 Å². The molecular weight excluding hydrogens is 222 g/mol. The Hall–Kier alpha value is -2.13. The van der Waals surface area contributed by atoms with E-state index in [9.17, 15) is 14.9 Å². The van der Waals surface area contributed by atoms with Crippen molar-refractivity contribution in [3.63, 3.8) is 0 Å². The second-order valence-corrected chi connectivity index (χ2v) is 2.71. The van der Waals surface area contributed by atoms with E-state index in [-0.39, 0.29) is 10.8 Å². The number of hydrogen-bond acceptors (Lipinski definition) is 4. The summed E-state index contributed by atoms with van der Waals surface area (Å²) in [7, 11) is 0. The van der Waals surface area contributed by atoms with Crippen molar-refractivity contribution in [3.8, 4) is 12.3 Å². The molecule has 76 valence electrons. The second kappa shape index (κ2) is 4.39. The van der Waals surface area contributed by atoms with Gasteiger partial charge in [0.25, 0.3) is 5.91 Å². The number of halogens is 1. The fourth-order valence-corrected chi connectivity index (χ4v) is 1.09. The van der Waals surface area contributed by atoms with Crippen LogP contribution < -0.4 is 5.32 Å². The van der Waals surface area contributed by atoms with E-state index < -0.39 is 16.5 Å². The standard InChI is InChI=1S/C8H4ClN3O3/c1-2-6(13)11-5-3-4-10-8(9)7(5)12(14)15/h1,3-4H,(H,10,11,13). The molecule has 15 heavy (non-hydrogen) atoms. The Morgan fingerprint density at radius 2 is 2.40 bits per heavy atom. The molecule has 0 aliphatic heterocycles. The Bertz CT molecular complexity index is 467. The highest BCUT2D eigenvalue weighted by molar-refractivity contribution is 6.32. The summed E-state index contributed by atoms with van der Waals surface area (Å²) in [5, 5.41) is 12.4. The molecule has 1 heterocycles. The predicted molar refractivity (Wildman–Crippen MR) is 53.4 cm³/mol. The molecule has 0 radical (unpaired) electrons. The maximum absolute atomic E-state index is 10.8. The second-order valence-electron chi connectivity index (χ2n) is 2.35. The average Bonchev–Trinajstić information content (AvgIpc) is 2.17. The van der Waals surface area contributed by atoms with Crippen LogP contribution in [0.1, 0.15) is 0 Å². The molecule has 0 atom stereocenters. The third kappa shape index (κ3) is 2.42. The number of nitrogens with one attached hydrogen (secondary N) is 1. The molecule has 6 nitrogen and oxygen atoms in total. The summed E-state index contributed by atoms with van der Waals surface area (Å²) in [6.45, 7) is 0. The van der Waals surface area contributed by atoms with Crippen molar-refractivity contribution in [1.29, 1.82) is 0 Å². The van der Waals surface area contributed by atoms with Crippen molar-refractivity contribution in [1.82, 2.24) is 4.98 Å². The fraction of sp³-hybridized carbons (Fsp3) is 0. The lowest BCUT2D eigenvalue weighted by Crippen LogP contribution is -2.10. The number of aromatic nitrogens is 1. The van der Waals surface area contributed by atoms with Crippen LogP contribution >= 0.6 is 11.6 Å². The molecule has 0 spiro atoms. The van der Waals surface area contributed by atoms with Gasteiger partial charge in [-0.05, 0) is 12.0 Å². The van der Waals surface area contributed by atoms with Gasteiger partial charge in [-0.1, -0.05) is 11.6 Å². The van der Waals surface area contributed by atoms with Crippen molar-refractivity contribution in [2.24, 2.45) is 0 Å². The van der Waals surface area contributed by atoms with Crippen molar-refractivity contribution in [3.05, 3.63) is 27.5 Å². The first-order chi connectivity index (χ1) is 7.06. The van der Waals surface area contributed by atoms with Gasteiger partial charge in [-0.15, -0.1) is 6.42 Å². The van der Waals surface area contributed by atoms with Gasteiger partial charge in [0.05, 0.1) is 4.92 Å². The van der Waals surface area contributed by atoms with E-state index in [1.807, 2.05) is 0 Å². The van der Waals surface area contributed by atoms with Gasteiger partial charge in [-0.25, -0.2) is 4.98 Å². The first-order valence-corrected chi connectivity index (χ1v) is 4.00. The Morgan fingerprint density at radius 3 is 2.93 bits per heavy atom. The highest BCUT2D eigenvalue weighted by Gasteiger charge is 2.20. The van der Waals surface area contributed by atoms with Gasteiger partial charge < -0.3 is 5.32 Å². The summed E-state index contributed by atoms with van der Waals surface area (Å²) in [4.78, 5) is 24.2. The number of nitrogens with zero attached hydrogens (tertiary/aromatic N) is 2. The van der Waals surface area contributed by atoms with Crippen LogP contribution in [0.15, 0.2) is 12.3 Å². The molecule has 1 aromatic rings. The van der Waals surface area contributed by atoms with Crippen LogP contribution in [-0.2, 0) is 4.79 Å². The van der Waals surface area contributed by atoms with Gasteiger partial charge in [-0.3, -0.25) is 14.9 Å². The largest absolute Gasteiger partial charge is 0.329 e. The van der Waals surface area contributed by atoms with E-state index >= 15 is 0 Å². The van der Waals surface area contributed by atoms with Crippen LogP contribution in [0.5, 0.6) is 0 Å². The van der Waals surface area contributed by atoms with Gasteiger partial charge in [0.15, 0.2) is 0 Å². The topological polar surface area (TPSA) is 85.1 Å². The van der Waals surface area contributed by atoms with Gasteiger partial charge in [0.1, 0.15) is 5.69 Å². The third-order valence-corrected chi connectivity index (χ3v) is 1.72. The summed E-state index contributed by atoms with van der Waals surface area (Å²) in [6, 6.07) is 1.24. The van der Waals surface area contributed by atoms with Crippen LogP contribution in [0, 0.1) is 22.5 Å². The molecule has 0 aliphatic carbocycles. The number of terminal acetylenes is 1. The normalized spacial score (nSPS) is 9.07. The number of amides is 1. The van der Waals surface area contributed by atoms with Gasteiger partial charge in [0.2, 0.25) is 5.15 Å². The maximum Gasteiger partial charge on any atom is 0.329 e. The minimum Gasteiger partial charge on any atom is -0.309 e. The quantitative estimate of drug-likeness (QED) is 0.355. The molecule has 0 saturated heterocycles. The summed E-state index contributed by atoms with van der Waals surface area (Å²) < 4.78 is 0. The lowest BCUT2D eigenvalue weighted by Gasteiger charge is -2.02.